The van der Waals surface area contributed by atoms with Crippen molar-refractivity contribution in [2.24, 2.45) is 0 Å². The number of benzene rings is 2. The van der Waals surface area contributed by atoms with Crippen LogP contribution in [0.2, 0.25) is 0 Å². The van der Waals surface area contributed by atoms with Crippen molar-refractivity contribution in [2.45, 2.75) is 6.04 Å². The van der Waals surface area contributed by atoms with Gasteiger partial charge in [-0.25, -0.2) is 0 Å². The highest BCUT2D eigenvalue weighted by atomic mass is 16.5. The number of ether oxygens (including phenoxy) is 1. The molecule has 0 unspecified atom stereocenters. The van der Waals surface area contributed by atoms with E-state index in [2.05, 4.69) is 21.3 Å². The van der Waals surface area contributed by atoms with Crippen LogP contribution in [0.3, 0.4) is 0 Å². The molecule has 0 aliphatic rings. The summed E-state index contributed by atoms with van der Waals surface area (Å²) in [5, 5.41) is 12.6. The van der Waals surface area contributed by atoms with Crippen molar-refractivity contribution < 1.29 is 9.15 Å². The van der Waals surface area contributed by atoms with Crippen LogP contribution in [-0.2, 0) is 0 Å². The van der Waals surface area contributed by atoms with E-state index in [0.717, 1.165) is 16.9 Å². The van der Waals surface area contributed by atoms with E-state index in [1.807, 2.05) is 68.7 Å². The maximum Gasteiger partial charge on any atom is 0.232 e. The molecule has 0 aliphatic carbocycles. The number of oxazole rings is 1. The number of methoxy groups -OCH3 is 1. The molecule has 0 aliphatic heterocycles. The minimum absolute atomic E-state index is 0.0259. The lowest BCUT2D eigenvalue weighted by Gasteiger charge is -2.26. The smallest absolute Gasteiger partial charge is 0.232 e. The summed E-state index contributed by atoms with van der Waals surface area (Å²) < 4.78 is 11.3. The van der Waals surface area contributed by atoms with Crippen LogP contribution in [0.5, 0.6) is 5.75 Å². The van der Waals surface area contributed by atoms with Gasteiger partial charge in [0, 0.05) is 17.7 Å². The Kier molecular flexibility index (Phi) is 5.74. The molecule has 0 spiro atoms. The number of aromatic nitrogens is 1. The third-order valence-corrected chi connectivity index (χ3v) is 4.33. The molecule has 0 saturated carbocycles. The topological polar surface area (TPSA) is 74.3 Å². The lowest BCUT2D eigenvalue weighted by atomic mass is 10.0. The van der Waals surface area contributed by atoms with E-state index in [1.165, 1.54) is 0 Å². The van der Waals surface area contributed by atoms with Crippen molar-refractivity contribution >= 4 is 5.88 Å². The van der Waals surface area contributed by atoms with E-state index in [0.29, 0.717) is 18.3 Å². The Bertz CT molecular complexity index is 929. The summed E-state index contributed by atoms with van der Waals surface area (Å²) in [5.74, 6) is 1.62. The van der Waals surface area contributed by atoms with Gasteiger partial charge in [-0.2, -0.15) is 10.2 Å². The minimum atomic E-state index is 0.0259. The number of para-hydroxylation sites is 1. The lowest BCUT2D eigenvalue weighted by Crippen LogP contribution is -2.27. The lowest BCUT2D eigenvalue weighted by molar-refractivity contribution is 0.299. The second kappa shape index (κ2) is 8.39. The molecule has 0 fully saturated rings. The van der Waals surface area contributed by atoms with Gasteiger partial charge >= 0.3 is 0 Å². The van der Waals surface area contributed by atoms with Crippen molar-refractivity contribution in [3.63, 3.8) is 0 Å². The Balaban J connectivity index is 1.84. The van der Waals surface area contributed by atoms with Crippen LogP contribution in [0.4, 0.5) is 5.88 Å². The molecule has 0 amide bonds. The third-order valence-electron chi connectivity index (χ3n) is 4.33. The van der Waals surface area contributed by atoms with Gasteiger partial charge in [0.1, 0.15) is 11.8 Å². The highest BCUT2D eigenvalue weighted by Gasteiger charge is 2.20. The molecule has 1 N–H and O–H groups in total. The summed E-state index contributed by atoms with van der Waals surface area (Å²) in [4.78, 5) is 6.39. The number of likely N-dealkylation sites (N-methyl/N-ethyl adjacent to an activating group) is 1. The summed E-state index contributed by atoms with van der Waals surface area (Å²) in [5.41, 5.74) is 2.13. The monoisotopic (exact) mass is 362 g/mol. The molecule has 1 atom stereocenters. The van der Waals surface area contributed by atoms with E-state index < -0.39 is 0 Å². The first-order valence-corrected chi connectivity index (χ1v) is 8.63. The summed E-state index contributed by atoms with van der Waals surface area (Å²) in [6, 6.07) is 19.5. The van der Waals surface area contributed by atoms with Crippen molar-refractivity contribution in [2.75, 3.05) is 33.1 Å². The predicted octanol–water partition coefficient (Wildman–Crippen LogP) is 3.94. The molecule has 3 aromatic rings. The van der Waals surface area contributed by atoms with Crippen molar-refractivity contribution in [3.05, 3.63) is 65.9 Å². The molecular formula is C21H22N4O2. The molecular weight excluding hydrogens is 340 g/mol. The van der Waals surface area contributed by atoms with Gasteiger partial charge in [-0.05, 0) is 32.3 Å². The second-order valence-corrected chi connectivity index (χ2v) is 6.28. The SMILES string of the molecule is COc1ccccc1[C@@H](CNc1oc(-c2ccccc2)nc1C#N)N(C)C. The molecule has 1 heterocycles. The van der Waals surface area contributed by atoms with Crippen LogP contribution in [-0.4, -0.2) is 37.6 Å². The van der Waals surface area contributed by atoms with E-state index in [1.54, 1.807) is 7.11 Å². The second-order valence-electron chi connectivity index (χ2n) is 6.28. The predicted molar refractivity (Wildman–Crippen MR) is 105 cm³/mol. The number of nitrogens with one attached hydrogen (secondary N) is 1. The number of hydrogen-bond donors (Lipinski definition) is 1. The van der Waals surface area contributed by atoms with Gasteiger partial charge in [-0.3, -0.25) is 0 Å². The van der Waals surface area contributed by atoms with Gasteiger partial charge in [0.15, 0.2) is 0 Å². The Hall–Kier alpha value is -3.30. The number of nitriles is 1. The van der Waals surface area contributed by atoms with Gasteiger partial charge in [-0.15, -0.1) is 0 Å². The van der Waals surface area contributed by atoms with Gasteiger partial charge in [0.05, 0.1) is 13.2 Å². The normalized spacial score (nSPS) is 11.8. The molecule has 2 aromatic carbocycles. The van der Waals surface area contributed by atoms with E-state index in [9.17, 15) is 5.26 Å². The van der Waals surface area contributed by atoms with Gasteiger partial charge in [0.2, 0.25) is 17.5 Å². The van der Waals surface area contributed by atoms with Crippen molar-refractivity contribution in [1.29, 1.82) is 5.26 Å². The molecule has 0 radical (unpaired) electrons. The summed E-state index contributed by atoms with van der Waals surface area (Å²) in [6.45, 7) is 0.533. The molecule has 6 heteroatoms. The first kappa shape index (κ1) is 18.5. The Morgan fingerprint density at radius 1 is 1.15 bits per heavy atom. The van der Waals surface area contributed by atoms with Crippen LogP contribution < -0.4 is 10.1 Å². The Morgan fingerprint density at radius 3 is 2.52 bits per heavy atom. The fraction of sp³-hybridized carbons (Fsp3) is 0.238. The van der Waals surface area contributed by atoms with Gasteiger partial charge in [0.25, 0.3) is 0 Å². The first-order valence-electron chi connectivity index (χ1n) is 8.63. The van der Waals surface area contributed by atoms with Crippen molar-refractivity contribution in [3.8, 4) is 23.3 Å². The van der Waals surface area contributed by atoms with Crippen LogP contribution >= 0.6 is 0 Å². The maximum absolute atomic E-state index is 9.41. The van der Waals surface area contributed by atoms with E-state index in [4.69, 9.17) is 9.15 Å². The summed E-state index contributed by atoms with van der Waals surface area (Å²) in [6.07, 6.45) is 0. The van der Waals surface area contributed by atoms with Crippen LogP contribution in [0.25, 0.3) is 11.5 Å². The summed E-state index contributed by atoms with van der Waals surface area (Å²) in [7, 11) is 5.66. The standard InChI is InChI=1S/C21H22N4O2/c1-25(2)18(16-11-7-8-12-19(16)26-3)14-23-21-17(13-22)24-20(27-21)15-9-5-4-6-10-15/h4-12,18,23H,14H2,1-3H3/t18-/m1/s1. The van der Waals surface area contributed by atoms with Crippen LogP contribution in [0.15, 0.2) is 59.0 Å². The van der Waals surface area contributed by atoms with E-state index in [-0.39, 0.29) is 11.7 Å². The van der Waals surface area contributed by atoms with Crippen LogP contribution in [0, 0.1) is 11.3 Å². The first-order chi connectivity index (χ1) is 13.1. The zero-order valence-corrected chi connectivity index (χ0v) is 15.6. The number of hydrogen-bond acceptors (Lipinski definition) is 6. The fourth-order valence-corrected chi connectivity index (χ4v) is 2.92. The maximum atomic E-state index is 9.41. The quantitative estimate of drug-likeness (QED) is 0.686. The van der Waals surface area contributed by atoms with E-state index >= 15 is 0 Å². The minimum Gasteiger partial charge on any atom is -0.496 e. The average Bonchev–Trinajstić information content (AvgIpc) is 3.12. The van der Waals surface area contributed by atoms with Crippen LogP contribution in [0.1, 0.15) is 17.3 Å². The molecule has 6 nitrogen and oxygen atoms in total. The number of anilines is 1. The molecule has 1 aromatic heterocycles. The molecule has 138 valence electrons. The number of nitrogens with zero attached hydrogens (tertiary/aromatic N) is 3. The molecule has 0 saturated heterocycles. The number of rotatable bonds is 7. The highest BCUT2D eigenvalue weighted by molar-refractivity contribution is 5.58. The molecule has 3 rings (SSSR count). The van der Waals surface area contributed by atoms with Crippen molar-refractivity contribution in [1.82, 2.24) is 9.88 Å². The average molecular weight is 362 g/mol. The van der Waals surface area contributed by atoms with Gasteiger partial charge in [-0.1, -0.05) is 36.4 Å². The zero-order valence-electron chi connectivity index (χ0n) is 15.6. The van der Waals surface area contributed by atoms with Gasteiger partial charge < -0.3 is 19.4 Å². The third kappa shape index (κ3) is 4.10. The summed E-state index contributed by atoms with van der Waals surface area (Å²) >= 11 is 0. The largest absolute Gasteiger partial charge is 0.496 e. The molecule has 0 bridgehead atoms. The Labute approximate surface area is 159 Å². The fourth-order valence-electron chi connectivity index (χ4n) is 2.92. The zero-order chi connectivity index (χ0) is 19.2. The molecule has 27 heavy (non-hydrogen) atoms. The highest BCUT2D eigenvalue weighted by Crippen LogP contribution is 2.30. The Morgan fingerprint density at radius 2 is 1.85 bits per heavy atom.